The topological polar surface area (TPSA) is 26.3 Å². The average Bonchev–Trinajstić information content (AvgIpc) is 2.24. The van der Waals surface area contributed by atoms with Crippen molar-refractivity contribution in [3.05, 3.63) is 28.8 Å². The summed E-state index contributed by atoms with van der Waals surface area (Å²) in [5, 5.41) is -0.00334. The summed E-state index contributed by atoms with van der Waals surface area (Å²) in [6.07, 6.45) is -4.76. The second kappa shape index (κ2) is 6.73. The molecular weight excluding hydrogens is 301 g/mol. The molecule has 0 radical (unpaired) electrons. The SMILES string of the molecule is CC(=O)SCC#Cc1ccc(OC(F)(F)F)cc1Cl. The highest BCUT2D eigenvalue weighted by Crippen LogP contribution is 2.27. The van der Waals surface area contributed by atoms with Crippen LogP contribution in [0.1, 0.15) is 12.5 Å². The number of hydrogen-bond donors (Lipinski definition) is 0. The van der Waals surface area contributed by atoms with E-state index in [1.165, 1.54) is 13.0 Å². The van der Waals surface area contributed by atoms with E-state index in [2.05, 4.69) is 16.6 Å². The van der Waals surface area contributed by atoms with Crippen molar-refractivity contribution in [2.45, 2.75) is 13.3 Å². The van der Waals surface area contributed by atoms with Crippen LogP contribution in [0.15, 0.2) is 18.2 Å². The zero-order chi connectivity index (χ0) is 14.5. The minimum absolute atomic E-state index is 0.0575. The average molecular weight is 309 g/mol. The summed E-state index contributed by atoms with van der Waals surface area (Å²) >= 11 is 6.81. The van der Waals surface area contributed by atoms with Crippen molar-refractivity contribution in [2.24, 2.45) is 0 Å². The molecule has 0 unspecified atom stereocenters. The van der Waals surface area contributed by atoms with E-state index in [-0.39, 0.29) is 10.1 Å². The zero-order valence-corrected chi connectivity index (χ0v) is 11.2. The van der Waals surface area contributed by atoms with Crippen LogP contribution in [-0.4, -0.2) is 17.2 Å². The summed E-state index contributed by atoms with van der Waals surface area (Å²) in [6.45, 7) is 1.42. The van der Waals surface area contributed by atoms with E-state index in [0.717, 1.165) is 23.9 Å². The van der Waals surface area contributed by atoms with Crippen LogP contribution in [0.25, 0.3) is 0 Å². The highest BCUT2D eigenvalue weighted by molar-refractivity contribution is 8.13. The van der Waals surface area contributed by atoms with Crippen molar-refractivity contribution in [1.82, 2.24) is 0 Å². The van der Waals surface area contributed by atoms with Crippen molar-refractivity contribution in [1.29, 1.82) is 0 Å². The summed E-state index contributed by atoms with van der Waals surface area (Å²) in [7, 11) is 0. The normalized spacial score (nSPS) is 10.6. The lowest BCUT2D eigenvalue weighted by Gasteiger charge is -2.09. The molecule has 0 saturated heterocycles. The lowest BCUT2D eigenvalue weighted by Crippen LogP contribution is -2.17. The Morgan fingerprint density at radius 1 is 1.47 bits per heavy atom. The number of hydrogen-bond acceptors (Lipinski definition) is 3. The Labute approximate surface area is 117 Å². The molecule has 1 rings (SSSR count). The molecule has 0 fully saturated rings. The van der Waals surface area contributed by atoms with Crippen molar-refractivity contribution in [2.75, 3.05) is 5.75 Å². The lowest BCUT2D eigenvalue weighted by molar-refractivity contribution is -0.274. The molecule has 0 bridgehead atoms. The van der Waals surface area contributed by atoms with Gasteiger partial charge in [-0.2, -0.15) is 0 Å². The summed E-state index contributed by atoms with van der Waals surface area (Å²) in [5.74, 6) is 5.25. The number of benzene rings is 1. The van der Waals surface area contributed by atoms with Gasteiger partial charge < -0.3 is 4.74 Å². The molecule has 2 nitrogen and oxygen atoms in total. The molecule has 0 spiro atoms. The molecule has 0 aliphatic carbocycles. The van der Waals surface area contributed by atoms with Gasteiger partial charge in [-0.25, -0.2) is 0 Å². The van der Waals surface area contributed by atoms with Gasteiger partial charge >= 0.3 is 6.36 Å². The number of carbonyl (C=O) groups is 1. The number of thioether (sulfide) groups is 1. The first-order valence-electron chi connectivity index (χ1n) is 4.95. The minimum atomic E-state index is -4.76. The first-order valence-corrected chi connectivity index (χ1v) is 6.32. The minimum Gasteiger partial charge on any atom is -0.406 e. The van der Waals surface area contributed by atoms with Crippen molar-refractivity contribution >= 4 is 28.5 Å². The highest BCUT2D eigenvalue weighted by Gasteiger charge is 2.31. The molecule has 0 N–H and O–H groups in total. The Morgan fingerprint density at radius 2 is 2.16 bits per heavy atom. The van der Waals surface area contributed by atoms with Crippen LogP contribution in [0.4, 0.5) is 13.2 Å². The van der Waals surface area contributed by atoms with Gasteiger partial charge in [-0.3, -0.25) is 4.79 Å². The van der Waals surface area contributed by atoms with E-state index in [0.29, 0.717) is 11.3 Å². The Balaban J connectivity index is 2.75. The maximum atomic E-state index is 12.0. The van der Waals surface area contributed by atoms with Gasteiger partial charge in [0.25, 0.3) is 0 Å². The molecule has 7 heteroatoms. The largest absolute Gasteiger partial charge is 0.573 e. The number of alkyl halides is 3. The maximum Gasteiger partial charge on any atom is 0.573 e. The lowest BCUT2D eigenvalue weighted by atomic mass is 10.2. The smallest absolute Gasteiger partial charge is 0.406 e. The zero-order valence-electron chi connectivity index (χ0n) is 9.68. The van der Waals surface area contributed by atoms with Gasteiger partial charge in [0.2, 0.25) is 0 Å². The Hall–Kier alpha value is -1.32. The van der Waals surface area contributed by atoms with Gasteiger partial charge in [0, 0.05) is 18.6 Å². The van der Waals surface area contributed by atoms with Crippen LogP contribution in [-0.2, 0) is 4.79 Å². The second-order valence-electron chi connectivity index (χ2n) is 3.27. The fourth-order valence-corrected chi connectivity index (χ4v) is 1.63. The number of ether oxygens (including phenoxy) is 1. The number of rotatable bonds is 2. The van der Waals surface area contributed by atoms with E-state index in [1.54, 1.807) is 0 Å². The van der Waals surface area contributed by atoms with Crippen LogP contribution in [0, 0.1) is 11.8 Å². The summed E-state index contributed by atoms with van der Waals surface area (Å²) in [5.41, 5.74) is 0.375. The standard InChI is InChI=1S/C12H8ClF3O2S/c1-8(17)19-6-2-3-9-4-5-10(7-11(9)13)18-12(14,15)16/h4-5,7H,6H2,1H3. The van der Waals surface area contributed by atoms with Gasteiger partial charge in [-0.05, 0) is 12.1 Å². The molecule has 0 aliphatic rings. The second-order valence-corrected chi connectivity index (χ2v) is 4.83. The van der Waals surface area contributed by atoms with Crippen molar-refractivity contribution in [3.8, 4) is 17.6 Å². The maximum absolute atomic E-state index is 12.0. The third kappa shape index (κ3) is 6.41. The monoisotopic (exact) mass is 308 g/mol. The molecule has 19 heavy (non-hydrogen) atoms. The third-order valence-corrected chi connectivity index (χ3v) is 2.75. The summed E-state index contributed by atoms with van der Waals surface area (Å²) in [6, 6.07) is 3.49. The molecule has 1 aromatic rings. The molecule has 0 saturated carbocycles. The van der Waals surface area contributed by atoms with Gasteiger partial charge in [0.05, 0.1) is 10.8 Å². The van der Waals surface area contributed by atoms with Gasteiger partial charge in [0.1, 0.15) is 5.75 Å². The van der Waals surface area contributed by atoms with E-state index < -0.39 is 12.1 Å². The molecule has 102 valence electrons. The first-order chi connectivity index (χ1) is 8.78. The van der Waals surface area contributed by atoms with Gasteiger partial charge in [-0.15, -0.1) is 13.2 Å². The Kier molecular flexibility index (Phi) is 5.58. The van der Waals surface area contributed by atoms with Crippen molar-refractivity contribution < 1.29 is 22.7 Å². The van der Waals surface area contributed by atoms with Crippen LogP contribution in [0.5, 0.6) is 5.75 Å². The van der Waals surface area contributed by atoms with E-state index in [9.17, 15) is 18.0 Å². The fraction of sp³-hybridized carbons (Fsp3) is 0.250. The molecule has 0 heterocycles. The summed E-state index contributed by atoms with van der Waals surface area (Å²) in [4.78, 5) is 10.6. The first kappa shape index (κ1) is 15.7. The van der Waals surface area contributed by atoms with E-state index >= 15 is 0 Å². The summed E-state index contributed by atoms with van der Waals surface area (Å²) < 4.78 is 39.6. The highest BCUT2D eigenvalue weighted by atomic mass is 35.5. The number of halogens is 4. The Bertz CT molecular complexity index is 532. The molecule has 0 atom stereocenters. The van der Waals surface area contributed by atoms with E-state index in [1.807, 2.05) is 0 Å². The predicted octanol–water partition coefficient (Wildman–Crippen LogP) is 3.87. The van der Waals surface area contributed by atoms with Gasteiger partial charge in [0.15, 0.2) is 5.12 Å². The molecular formula is C12H8ClF3O2S. The third-order valence-electron chi connectivity index (χ3n) is 1.74. The number of carbonyl (C=O) groups excluding carboxylic acids is 1. The molecule has 0 aliphatic heterocycles. The van der Waals surface area contributed by atoms with Crippen LogP contribution >= 0.6 is 23.4 Å². The van der Waals surface area contributed by atoms with E-state index in [4.69, 9.17) is 11.6 Å². The van der Waals surface area contributed by atoms with Crippen molar-refractivity contribution in [3.63, 3.8) is 0 Å². The molecule has 0 amide bonds. The van der Waals surface area contributed by atoms with Crippen LogP contribution in [0.2, 0.25) is 5.02 Å². The Morgan fingerprint density at radius 3 is 2.68 bits per heavy atom. The fourth-order valence-electron chi connectivity index (χ4n) is 1.06. The van der Waals surface area contributed by atoms with Crippen LogP contribution < -0.4 is 4.74 Å². The van der Waals surface area contributed by atoms with Gasteiger partial charge in [-0.1, -0.05) is 35.2 Å². The van der Waals surface area contributed by atoms with Crippen LogP contribution in [0.3, 0.4) is 0 Å². The molecule has 1 aromatic carbocycles. The quantitative estimate of drug-likeness (QED) is 0.776. The molecule has 0 aromatic heterocycles. The predicted molar refractivity (Wildman–Crippen MR) is 68.2 cm³/mol.